The number of carbonyl (C=O) groups is 1. The maximum Gasteiger partial charge on any atom is 0.293 e. The van der Waals surface area contributed by atoms with Crippen molar-refractivity contribution in [2.45, 2.75) is 19.4 Å². The summed E-state index contributed by atoms with van der Waals surface area (Å²) in [6, 6.07) is 14.2. The molecule has 1 amide bonds. The van der Waals surface area contributed by atoms with E-state index >= 15 is 0 Å². The van der Waals surface area contributed by atoms with Crippen LogP contribution in [-0.2, 0) is 6.54 Å². The second kappa shape index (κ2) is 8.59. The molecule has 8 heteroatoms. The molecule has 0 atom stereocenters. The quantitative estimate of drug-likeness (QED) is 0.468. The summed E-state index contributed by atoms with van der Waals surface area (Å²) in [5.41, 5.74) is 1.72. The van der Waals surface area contributed by atoms with Crippen molar-refractivity contribution in [1.29, 1.82) is 0 Å². The number of nitro benzene ring substituents is 1. The molecule has 7 nitrogen and oxygen atoms in total. The van der Waals surface area contributed by atoms with E-state index in [2.05, 4.69) is 10.6 Å². The molecule has 27 heavy (non-hydrogen) atoms. The fourth-order valence-corrected chi connectivity index (χ4v) is 3.20. The Bertz CT molecular complexity index is 851. The third-order valence-electron chi connectivity index (χ3n) is 4.40. The van der Waals surface area contributed by atoms with Crippen molar-refractivity contribution in [3.05, 3.63) is 69.8 Å². The Morgan fingerprint density at radius 2 is 1.85 bits per heavy atom. The molecule has 140 valence electrons. The molecule has 0 bridgehead atoms. The van der Waals surface area contributed by atoms with Gasteiger partial charge >= 0.3 is 0 Å². The van der Waals surface area contributed by atoms with Crippen LogP contribution in [0.4, 0.5) is 11.4 Å². The highest BCUT2D eigenvalue weighted by molar-refractivity contribution is 7.80. The molecule has 1 heterocycles. The van der Waals surface area contributed by atoms with Gasteiger partial charge in [0.1, 0.15) is 5.69 Å². The van der Waals surface area contributed by atoms with Crippen LogP contribution in [0.2, 0.25) is 0 Å². The Balaban J connectivity index is 1.66. The summed E-state index contributed by atoms with van der Waals surface area (Å²) < 4.78 is 0. The first-order valence-corrected chi connectivity index (χ1v) is 9.12. The number of nitro groups is 1. The number of amides is 1. The Morgan fingerprint density at radius 1 is 1.15 bits per heavy atom. The van der Waals surface area contributed by atoms with Gasteiger partial charge in [-0.1, -0.05) is 30.3 Å². The van der Waals surface area contributed by atoms with E-state index in [1.165, 1.54) is 6.07 Å². The summed E-state index contributed by atoms with van der Waals surface area (Å²) in [6.07, 6.45) is 2.03. The van der Waals surface area contributed by atoms with Gasteiger partial charge in [-0.3, -0.25) is 20.2 Å². The average molecular weight is 384 g/mol. The molecule has 0 aromatic heterocycles. The topological polar surface area (TPSA) is 87.5 Å². The average Bonchev–Trinajstić information content (AvgIpc) is 3.21. The van der Waals surface area contributed by atoms with Gasteiger partial charge in [-0.15, -0.1) is 0 Å². The second-order valence-corrected chi connectivity index (χ2v) is 6.69. The van der Waals surface area contributed by atoms with Gasteiger partial charge in [0.15, 0.2) is 5.11 Å². The van der Waals surface area contributed by atoms with Crippen LogP contribution in [0.15, 0.2) is 48.5 Å². The predicted molar refractivity (Wildman–Crippen MR) is 108 cm³/mol. The van der Waals surface area contributed by atoms with Crippen LogP contribution in [-0.4, -0.2) is 29.0 Å². The van der Waals surface area contributed by atoms with Crippen molar-refractivity contribution >= 4 is 34.6 Å². The number of carbonyl (C=O) groups excluding carboxylic acids is 1. The molecule has 3 rings (SSSR count). The summed E-state index contributed by atoms with van der Waals surface area (Å²) in [6.45, 7) is 2.06. The van der Waals surface area contributed by atoms with Gasteiger partial charge in [-0.05, 0) is 42.8 Å². The number of nitrogens with zero attached hydrogens (tertiary/aromatic N) is 2. The highest BCUT2D eigenvalue weighted by Gasteiger charge is 2.24. The van der Waals surface area contributed by atoms with Crippen molar-refractivity contribution in [3.63, 3.8) is 0 Å². The van der Waals surface area contributed by atoms with Crippen LogP contribution in [0, 0.1) is 10.1 Å². The van der Waals surface area contributed by atoms with Gasteiger partial charge in [-0.2, -0.15) is 0 Å². The Kier molecular flexibility index (Phi) is 5.97. The fourth-order valence-electron chi connectivity index (χ4n) is 3.03. The second-order valence-electron chi connectivity index (χ2n) is 6.28. The molecular weight excluding hydrogens is 364 g/mol. The van der Waals surface area contributed by atoms with Gasteiger partial charge in [0.25, 0.3) is 11.6 Å². The van der Waals surface area contributed by atoms with E-state index in [9.17, 15) is 14.9 Å². The largest absolute Gasteiger partial charge is 0.366 e. The van der Waals surface area contributed by atoms with Crippen LogP contribution < -0.4 is 15.5 Å². The normalized spacial score (nSPS) is 13.3. The molecule has 0 spiro atoms. The van der Waals surface area contributed by atoms with Crippen LogP contribution in [0.25, 0.3) is 0 Å². The third kappa shape index (κ3) is 4.79. The van der Waals surface area contributed by atoms with Crippen molar-refractivity contribution in [2.75, 3.05) is 18.0 Å². The standard InChI is InChI=1S/C19H20N4O3S/c24-18(21-19(27)20-13-14-6-2-1-3-7-14)15-8-9-16(17(12-15)23(25)26)22-10-4-5-11-22/h1-3,6-9,12H,4-5,10-11,13H2,(H2,20,21,24,27). The highest BCUT2D eigenvalue weighted by atomic mass is 32.1. The van der Waals surface area contributed by atoms with E-state index in [1.54, 1.807) is 12.1 Å². The lowest BCUT2D eigenvalue weighted by molar-refractivity contribution is -0.384. The van der Waals surface area contributed by atoms with Crippen molar-refractivity contribution in [3.8, 4) is 0 Å². The van der Waals surface area contributed by atoms with Crippen molar-refractivity contribution < 1.29 is 9.72 Å². The summed E-state index contributed by atoms with van der Waals surface area (Å²) in [5.74, 6) is -0.475. The molecule has 0 radical (unpaired) electrons. The predicted octanol–water partition coefficient (Wildman–Crippen LogP) is 3.00. The highest BCUT2D eigenvalue weighted by Crippen LogP contribution is 2.31. The van der Waals surface area contributed by atoms with Crippen LogP contribution in [0.3, 0.4) is 0 Å². The van der Waals surface area contributed by atoms with Crippen molar-refractivity contribution in [2.24, 2.45) is 0 Å². The number of thiocarbonyl (C=S) groups is 1. The van der Waals surface area contributed by atoms with Crippen LogP contribution in [0.5, 0.6) is 0 Å². The molecule has 0 aliphatic carbocycles. The minimum atomic E-state index is -0.475. The molecule has 0 saturated carbocycles. The Hall–Kier alpha value is -3.00. The number of anilines is 1. The summed E-state index contributed by atoms with van der Waals surface area (Å²) >= 11 is 5.14. The zero-order chi connectivity index (χ0) is 19.2. The molecule has 2 aromatic rings. The lowest BCUT2D eigenvalue weighted by Crippen LogP contribution is -2.38. The van der Waals surface area contributed by atoms with Gasteiger partial charge in [0.05, 0.1) is 4.92 Å². The minimum absolute atomic E-state index is 0.0623. The molecular formula is C19H20N4O3S. The van der Waals surface area contributed by atoms with E-state index in [4.69, 9.17) is 12.2 Å². The Labute approximate surface area is 162 Å². The van der Waals surface area contributed by atoms with Gasteiger partial charge in [0, 0.05) is 31.3 Å². The monoisotopic (exact) mass is 384 g/mol. The lowest BCUT2D eigenvalue weighted by atomic mass is 10.1. The molecule has 1 fully saturated rings. The fraction of sp³-hybridized carbons (Fsp3) is 0.263. The first-order chi connectivity index (χ1) is 13.0. The molecule has 1 aliphatic rings. The number of hydrogen-bond donors (Lipinski definition) is 2. The van der Waals surface area contributed by atoms with E-state index in [-0.39, 0.29) is 16.4 Å². The van der Waals surface area contributed by atoms with E-state index in [1.807, 2.05) is 35.2 Å². The number of rotatable bonds is 5. The van der Waals surface area contributed by atoms with E-state index in [0.717, 1.165) is 31.5 Å². The third-order valence-corrected chi connectivity index (χ3v) is 4.65. The minimum Gasteiger partial charge on any atom is -0.366 e. The van der Waals surface area contributed by atoms with Gasteiger partial charge in [-0.25, -0.2) is 0 Å². The SMILES string of the molecule is O=C(NC(=S)NCc1ccccc1)c1ccc(N2CCCC2)c([N+](=O)[O-])c1. The molecule has 2 N–H and O–H groups in total. The molecule has 2 aromatic carbocycles. The number of nitrogens with one attached hydrogen (secondary N) is 2. The zero-order valence-corrected chi connectivity index (χ0v) is 15.5. The zero-order valence-electron chi connectivity index (χ0n) is 14.7. The number of hydrogen-bond acceptors (Lipinski definition) is 5. The van der Waals surface area contributed by atoms with Gasteiger partial charge < -0.3 is 10.2 Å². The maximum absolute atomic E-state index is 12.4. The van der Waals surface area contributed by atoms with Crippen molar-refractivity contribution in [1.82, 2.24) is 10.6 Å². The summed E-state index contributed by atoms with van der Waals surface area (Å²) in [7, 11) is 0. The lowest BCUT2D eigenvalue weighted by Gasteiger charge is -2.18. The summed E-state index contributed by atoms with van der Waals surface area (Å²) in [5, 5.41) is 17.1. The van der Waals surface area contributed by atoms with E-state index in [0.29, 0.717) is 12.2 Å². The van der Waals surface area contributed by atoms with Crippen LogP contribution in [0.1, 0.15) is 28.8 Å². The summed E-state index contributed by atoms with van der Waals surface area (Å²) in [4.78, 5) is 25.4. The first kappa shape index (κ1) is 18.8. The smallest absolute Gasteiger partial charge is 0.293 e. The molecule has 0 unspecified atom stereocenters. The molecule has 1 aliphatic heterocycles. The van der Waals surface area contributed by atoms with E-state index < -0.39 is 10.8 Å². The van der Waals surface area contributed by atoms with Gasteiger partial charge in [0.2, 0.25) is 0 Å². The molecule has 1 saturated heterocycles. The first-order valence-electron chi connectivity index (χ1n) is 8.71. The maximum atomic E-state index is 12.4. The van der Waals surface area contributed by atoms with Crippen LogP contribution >= 0.6 is 12.2 Å². The number of benzene rings is 2. The Morgan fingerprint density at radius 3 is 2.52 bits per heavy atom.